The molecule has 0 amide bonds. The van der Waals surface area contributed by atoms with Crippen molar-refractivity contribution in [3.05, 3.63) is 24.0 Å². The molecule has 1 aliphatic heterocycles. The van der Waals surface area contributed by atoms with Crippen molar-refractivity contribution in [3.8, 4) is 0 Å². The topological polar surface area (TPSA) is 31.4 Å². The van der Waals surface area contributed by atoms with Gasteiger partial charge in [0.25, 0.3) is 0 Å². The monoisotopic (exact) mass is 290 g/mol. The predicted octanol–water partition coefficient (Wildman–Crippen LogP) is 2.50. The van der Waals surface area contributed by atoms with E-state index in [1.54, 1.807) is 0 Å². The highest BCUT2D eigenvalue weighted by Crippen LogP contribution is 2.22. The van der Waals surface area contributed by atoms with Crippen LogP contribution < -0.4 is 10.2 Å². The molecule has 21 heavy (non-hydrogen) atoms. The van der Waals surface area contributed by atoms with E-state index in [0.717, 1.165) is 25.3 Å². The quantitative estimate of drug-likeness (QED) is 0.923. The zero-order valence-electron chi connectivity index (χ0n) is 14.2. The second-order valence-electron chi connectivity index (χ2n) is 7.31. The maximum absolute atomic E-state index is 4.49. The number of rotatable bonds is 4. The van der Waals surface area contributed by atoms with Gasteiger partial charge in [-0.25, -0.2) is 0 Å². The molecule has 1 saturated heterocycles. The number of piperidine rings is 1. The minimum Gasteiger partial charge on any atom is -0.370 e. The van der Waals surface area contributed by atoms with Crippen molar-refractivity contribution >= 4 is 5.69 Å². The molecule has 1 fully saturated rings. The van der Waals surface area contributed by atoms with Crippen LogP contribution in [-0.2, 0) is 6.54 Å². The van der Waals surface area contributed by atoms with Gasteiger partial charge in [-0.1, -0.05) is 0 Å². The average molecular weight is 290 g/mol. The van der Waals surface area contributed by atoms with Crippen molar-refractivity contribution in [2.75, 3.05) is 32.1 Å². The van der Waals surface area contributed by atoms with Crippen molar-refractivity contribution in [2.24, 2.45) is 0 Å². The lowest BCUT2D eigenvalue weighted by Crippen LogP contribution is -2.45. The van der Waals surface area contributed by atoms with Crippen molar-refractivity contribution < 1.29 is 0 Å². The van der Waals surface area contributed by atoms with E-state index in [0.29, 0.717) is 6.04 Å². The minimum atomic E-state index is 0.124. The van der Waals surface area contributed by atoms with E-state index < -0.39 is 0 Å². The standard InChI is InChI=1S/C17H30N4/c1-17(2,3)19-12-14-11-15(8-9-18-14)21-10-6-7-16(13-21)20(4)5/h8-9,11,16,19H,6-7,10,12-13H2,1-5H3. The number of pyridine rings is 1. The lowest BCUT2D eigenvalue weighted by Gasteiger charge is -2.37. The fourth-order valence-corrected chi connectivity index (χ4v) is 2.73. The first-order valence-corrected chi connectivity index (χ1v) is 7.96. The van der Waals surface area contributed by atoms with Crippen LogP contribution in [0.3, 0.4) is 0 Å². The molecular formula is C17H30N4. The molecule has 0 radical (unpaired) electrons. The first-order valence-electron chi connectivity index (χ1n) is 7.96. The van der Waals surface area contributed by atoms with Crippen molar-refractivity contribution in [3.63, 3.8) is 0 Å². The van der Waals surface area contributed by atoms with E-state index in [4.69, 9.17) is 0 Å². The van der Waals surface area contributed by atoms with Gasteiger partial charge in [0.15, 0.2) is 0 Å². The third-order valence-corrected chi connectivity index (χ3v) is 4.09. The Morgan fingerprint density at radius 2 is 2.14 bits per heavy atom. The minimum absolute atomic E-state index is 0.124. The Labute approximate surface area is 129 Å². The van der Waals surface area contributed by atoms with Gasteiger partial charge < -0.3 is 15.1 Å². The Hall–Kier alpha value is -1.13. The highest BCUT2D eigenvalue weighted by atomic mass is 15.2. The maximum atomic E-state index is 4.49. The number of likely N-dealkylation sites (N-methyl/N-ethyl adjacent to an activating group) is 1. The maximum Gasteiger partial charge on any atom is 0.0562 e. The van der Waals surface area contributed by atoms with E-state index in [9.17, 15) is 0 Å². The van der Waals surface area contributed by atoms with E-state index in [-0.39, 0.29) is 5.54 Å². The molecule has 1 N–H and O–H groups in total. The molecule has 0 spiro atoms. The first kappa shape index (κ1) is 16.2. The summed E-state index contributed by atoms with van der Waals surface area (Å²) in [5.41, 5.74) is 2.55. The number of nitrogens with one attached hydrogen (secondary N) is 1. The molecule has 118 valence electrons. The molecule has 0 aromatic carbocycles. The number of anilines is 1. The van der Waals surface area contributed by atoms with E-state index >= 15 is 0 Å². The van der Waals surface area contributed by atoms with Crippen molar-refractivity contribution in [1.29, 1.82) is 0 Å². The van der Waals surface area contributed by atoms with Gasteiger partial charge in [0.1, 0.15) is 0 Å². The Kier molecular flexibility index (Phi) is 5.22. The molecule has 0 bridgehead atoms. The molecule has 4 nitrogen and oxygen atoms in total. The van der Waals surface area contributed by atoms with Gasteiger partial charge in [-0.15, -0.1) is 0 Å². The third-order valence-electron chi connectivity index (χ3n) is 4.09. The molecule has 0 aliphatic carbocycles. The molecule has 1 unspecified atom stereocenters. The highest BCUT2D eigenvalue weighted by Gasteiger charge is 2.21. The molecule has 4 heteroatoms. The third kappa shape index (κ3) is 4.97. The Morgan fingerprint density at radius 1 is 1.38 bits per heavy atom. The molecule has 1 atom stereocenters. The van der Waals surface area contributed by atoms with Crippen LogP contribution in [0, 0.1) is 0 Å². The normalized spacial score (nSPS) is 20.1. The lowest BCUT2D eigenvalue weighted by molar-refractivity contribution is 0.258. The van der Waals surface area contributed by atoms with Crippen LogP contribution >= 0.6 is 0 Å². The summed E-state index contributed by atoms with van der Waals surface area (Å²) in [6.45, 7) is 9.64. The molecule has 1 aromatic heterocycles. The van der Waals surface area contributed by atoms with Gasteiger partial charge in [0.05, 0.1) is 5.69 Å². The Morgan fingerprint density at radius 3 is 2.81 bits per heavy atom. The molecule has 1 aliphatic rings. The molecule has 2 heterocycles. The summed E-state index contributed by atoms with van der Waals surface area (Å²) in [6, 6.07) is 5.03. The fourth-order valence-electron chi connectivity index (χ4n) is 2.73. The summed E-state index contributed by atoms with van der Waals surface area (Å²) in [7, 11) is 4.36. The van der Waals surface area contributed by atoms with E-state index in [1.165, 1.54) is 18.5 Å². The van der Waals surface area contributed by atoms with E-state index in [1.807, 2.05) is 6.20 Å². The summed E-state index contributed by atoms with van der Waals surface area (Å²) in [5, 5.41) is 3.51. The second kappa shape index (κ2) is 6.75. The molecule has 1 aromatic rings. The zero-order chi connectivity index (χ0) is 15.5. The molecular weight excluding hydrogens is 260 g/mol. The van der Waals surface area contributed by atoms with Crippen LogP contribution in [0.4, 0.5) is 5.69 Å². The number of aromatic nitrogens is 1. The Balaban J connectivity index is 2.03. The number of hydrogen-bond acceptors (Lipinski definition) is 4. The second-order valence-corrected chi connectivity index (χ2v) is 7.31. The highest BCUT2D eigenvalue weighted by molar-refractivity contribution is 5.47. The van der Waals surface area contributed by atoms with Crippen LogP contribution in [0.2, 0.25) is 0 Å². The number of hydrogen-bond donors (Lipinski definition) is 1. The van der Waals surface area contributed by atoms with Crippen molar-refractivity contribution in [1.82, 2.24) is 15.2 Å². The summed E-state index contributed by atoms with van der Waals surface area (Å²) < 4.78 is 0. The molecule has 2 rings (SSSR count). The summed E-state index contributed by atoms with van der Waals surface area (Å²) in [4.78, 5) is 9.33. The smallest absolute Gasteiger partial charge is 0.0562 e. The largest absolute Gasteiger partial charge is 0.370 e. The zero-order valence-corrected chi connectivity index (χ0v) is 14.2. The lowest BCUT2D eigenvalue weighted by atomic mass is 10.0. The van der Waals surface area contributed by atoms with Gasteiger partial charge in [0, 0.05) is 43.1 Å². The summed E-state index contributed by atoms with van der Waals surface area (Å²) in [5.74, 6) is 0. The van der Waals surface area contributed by atoms with Crippen LogP contribution in [0.1, 0.15) is 39.3 Å². The fraction of sp³-hybridized carbons (Fsp3) is 0.706. The first-order chi connectivity index (χ1) is 9.85. The van der Waals surface area contributed by atoms with Crippen LogP contribution in [-0.4, -0.2) is 48.6 Å². The van der Waals surface area contributed by atoms with Gasteiger partial charge >= 0.3 is 0 Å². The van der Waals surface area contributed by atoms with Gasteiger partial charge in [0.2, 0.25) is 0 Å². The van der Waals surface area contributed by atoms with Crippen LogP contribution in [0.25, 0.3) is 0 Å². The average Bonchev–Trinajstić information content (AvgIpc) is 2.45. The van der Waals surface area contributed by atoms with Crippen molar-refractivity contribution in [2.45, 2.75) is 51.7 Å². The van der Waals surface area contributed by atoms with Gasteiger partial charge in [-0.2, -0.15) is 0 Å². The predicted molar refractivity (Wildman–Crippen MR) is 89.8 cm³/mol. The SMILES string of the molecule is CN(C)C1CCCN(c2ccnc(CNC(C)(C)C)c2)C1. The molecule has 0 saturated carbocycles. The Bertz CT molecular complexity index is 450. The summed E-state index contributed by atoms with van der Waals surface area (Å²) >= 11 is 0. The van der Waals surface area contributed by atoms with Crippen LogP contribution in [0.15, 0.2) is 18.3 Å². The van der Waals surface area contributed by atoms with Gasteiger partial charge in [-0.05, 0) is 59.8 Å². The number of nitrogens with zero attached hydrogens (tertiary/aromatic N) is 3. The van der Waals surface area contributed by atoms with E-state index in [2.05, 4.69) is 67.1 Å². The summed E-state index contributed by atoms with van der Waals surface area (Å²) in [6.07, 6.45) is 4.50. The van der Waals surface area contributed by atoms with Crippen LogP contribution in [0.5, 0.6) is 0 Å². The van der Waals surface area contributed by atoms with Gasteiger partial charge in [-0.3, -0.25) is 4.98 Å².